The Hall–Kier alpha value is -3.41. The van der Waals surface area contributed by atoms with Gasteiger partial charge in [0.25, 0.3) is 5.91 Å². The number of benzene rings is 2. The molecule has 6 nitrogen and oxygen atoms in total. The van der Waals surface area contributed by atoms with Crippen LogP contribution in [0.25, 0.3) is 11.3 Å². The number of ether oxygens (including phenoxy) is 1. The van der Waals surface area contributed by atoms with Crippen molar-refractivity contribution in [2.45, 2.75) is 13.8 Å². The van der Waals surface area contributed by atoms with Crippen molar-refractivity contribution in [3.8, 4) is 17.0 Å². The van der Waals surface area contributed by atoms with E-state index >= 15 is 0 Å². The molecule has 0 spiro atoms. The first-order valence-corrected chi connectivity index (χ1v) is 10.2. The first kappa shape index (κ1) is 19.9. The van der Waals surface area contributed by atoms with Crippen LogP contribution in [0.15, 0.2) is 60.7 Å². The van der Waals surface area contributed by atoms with E-state index in [1.165, 1.54) is 5.56 Å². The van der Waals surface area contributed by atoms with Gasteiger partial charge in [0.05, 0.1) is 5.69 Å². The predicted octanol–water partition coefficient (Wildman–Crippen LogP) is 3.49. The smallest absolute Gasteiger partial charge is 0.260 e. The van der Waals surface area contributed by atoms with Crippen molar-refractivity contribution in [1.82, 2.24) is 15.1 Å². The molecule has 6 heteroatoms. The molecule has 0 bridgehead atoms. The van der Waals surface area contributed by atoms with E-state index in [1.807, 2.05) is 72.5 Å². The number of hydrogen-bond donors (Lipinski definition) is 0. The van der Waals surface area contributed by atoms with Gasteiger partial charge in [-0.2, -0.15) is 0 Å². The van der Waals surface area contributed by atoms with Crippen molar-refractivity contribution >= 4 is 11.7 Å². The predicted molar refractivity (Wildman–Crippen MR) is 118 cm³/mol. The summed E-state index contributed by atoms with van der Waals surface area (Å²) in [6.45, 7) is 6.92. The summed E-state index contributed by atoms with van der Waals surface area (Å²) >= 11 is 0. The Morgan fingerprint density at radius 1 is 0.900 bits per heavy atom. The minimum atomic E-state index is 0.0124. The summed E-state index contributed by atoms with van der Waals surface area (Å²) in [6.07, 6.45) is 0. The third-order valence-electron chi connectivity index (χ3n) is 5.52. The third-order valence-corrected chi connectivity index (χ3v) is 5.52. The van der Waals surface area contributed by atoms with Gasteiger partial charge in [0, 0.05) is 31.7 Å². The van der Waals surface area contributed by atoms with Crippen LogP contribution >= 0.6 is 0 Å². The van der Waals surface area contributed by atoms with Crippen LogP contribution in [0, 0.1) is 13.8 Å². The van der Waals surface area contributed by atoms with E-state index in [1.54, 1.807) is 0 Å². The van der Waals surface area contributed by atoms with Gasteiger partial charge >= 0.3 is 0 Å². The molecule has 0 aliphatic carbocycles. The van der Waals surface area contributed by atoms with E-state index in [9.17, 15) is 4.79 Å². The van der Waals surface area contributed by atoms with Gasteiger partial charge < -0.3 is 14.5 Å². The van der Waals surface area contributed by atoms with Crippen LogP contribution in [0.5, 0.6) is 5.75 Å². The molecule has 2 heterocycles. The lowest BCUT2D eigenvalue weighted by Crippen LogP contribution is -2.50. The molecule has 0 N–H and O–H groups in total. The first-order valence-electron chi connectivity index (χ1n) is 10.2. The van der Waals surface area contributed by atoms with Crippen molar-refractivity contribution in [1.29, 1.82) is 0 Å². The monoisotopic (exact) mass is 402 g/mol. The summed E-state index contributed by atoms with van der Waals surface area (Å²) in [5, 5.41) is 8.75. The normalized spacial score (nSPS) is 13.9. The maximum Gasteiger partial charge on any atom is 0.260 e. The Morgan fingerprint density at radius 2 is 1.67 bits per heavy atom. The van der Waals surface area contributed by atoms with Gasteiger partial charge in [-0.05, 0) is 49.2 Å². The molecule has 0 unspecified atom stereocenters. The molecule has 30 heavy (non-hydrogen) atoms. The topological polar surface area (TPSA) is 58.6 Å². The molecule has 0 saturated carbocycles. The van der Waals surface area contributed by atoms with Crippen LogP contribution in [0.4, 0.5) is 5.82 Å². The summed E-state index contributed by atoms with van der Waals surface area (Å²) in [7, 11) is 0. The number of anilines is 1. The molecule has 1 amide bonds. The van der Waals surface area contributed by atoms with Gasteiger partial charge in [0.1, 0.15) is 5.75 Å². The van der Waals surface area contributed by atoms with Crippen LogP contribution in [0.3, 0.4) is 0 Å². The SMILES string of the molecule is Cc1ccc(OCC(=O)N2CCN(c3ccc(-c4ccccc4)nn3)CC2)cc1C. The number of amides is 1. The molecular formula is C24H26N4O2. The zero-order valence-electron chi connectivity index (χ0n) is 17.4. The highest BCUT2D eigenvalue weighted by atomic mass is 16.5. The fraction of sp³-hybridized carbons (Fsp3) is 0.292. The largest absolute Gasteiger partial charge is 0.484 e. The molecule has 1 fully saturated rings. The number of aryl methyl sites for hydroxylation is 2. The number of carbonyl (C=O) groups excluding carboxylic acids is 1. The van der Waals surface area contributed by atoms with Gasteiger partial charge in [-0.15, -0.1) is 10.2 Å². The van der Waals surface area contributed by atoms with Crippen LogP contribution in [-0.2, 0) is 4.79 Å². The van der Waals surface area contributed by atoms with E-state index in [4.69, 9.17) is 4.74 Å². The van der Waals surface area contributed by atoms with E-state index in [-0.39, 0.29) is 12.5 Å². The highest BCUT2D eigenvalue weighted by Gasteiger charge is 2.22. The average Bonchev–Trinajstić information content (AvgIpc) is 2.80. The van der Waals surface area contributed by atoms with Crippen LogP contribution < -0.4 is 9.64 Å². The van der Waals surface area contributed by atoms with Crippen molar-refractivity contribution in [2.24, 2.45) is 0 Å². The van der Waals surface area contributed by atoms with Gasteiger partial charge in [0.15, 0.2) is 12.4 Å². The summed E-state index contributed by atoms with van der Waals surface area (Å²) in [5.41, 5.74) is 4.28. The molecular weight excluding hydrogens is 376 g/mol. The molecule has 1 aromatic heterocycles. The van der Waals surface area contributed by atoms with E-state index < -0.39 is 0 Å². The summed E-state index contributed by atoms with van der Waals surface area (Å²) in [4.78, 5) is 16.5. The maximum atomic E-state index is 12.5. The van der Waals surface area contributed by atoms with Gasteiger partial charge in [-0.3, -0.25) is 4.79 Å². The minimum Gasteiger partial charge on any atom is -0.484 e. The highest BCUT2D eigenvalue weighted by molar-refractivity contribution is 5.78. The Morgan fingerprint density at radius 3 is 2.33 bits per heavy atom. The molecule has 3 aromatic rings. The van der Waals surface area contributed by atoms with Crippen LogP contribution in [0.1, 0.15) is 11.1 Å². The number of hydrogen-bond acceptors (Lipinski definition) is 5. The number of carbonyl (C=O) groups is 1. The van der Waals surface area contributed by atoms with Crippen LogP contribution in [-0.4, -0.2) is 53.8 Å². The molecule has 1 aliphatic rings. The molecule has 0 radical (unpaired) electrons. The Balaban J connectivity index is 1.29. The molecule has 4 rings (SSSR count). The summed E-state index contributed by atoms with van der Waals surface area (Å²) in [6, 6.07) is 19.9. The summed E-state index contributed by atoms with van der Waals surface area (Å²) < 4.78 is 5.70. The minimum absolute atomic E-state index is 0.0124. The van der Waals surface area contributed by atoms with Crippen LogP contribution in [0.2, 0.25) is 0 Å². The number of aromatic nitrogens is 2. The summed E-state index contributed by atoms with van der Waals surface area (Å²) in [5.74, 6) is 1.59. The number of piperazine rings is 1. The first-order chi connectivity index (χ1) is 14.6. The Labute approximate surface area is 177 Å². The fourth-order valence-electron chi connectivity index (χ4n) is 3.48. The standard InChI is InChI=1S/C24H26N4O2/c1-18-8-9-21(16-19(18)2)30-17-24(29)28-14-12-27(13-15-28)23-11-10-22(25-26-23)20-6-4-3-5-7-20/h3-11,16H,12-15,17H2,1-2H3. The number of rotatable bonds is 5. The molecule has 2 aromatic carbocycles. The molecule has 0 atom stereocenters. The van der Waals surface area contributed by atoms with Gasteiger partial charge in [0.2, 0.25) is 0 Å². The quantitative estimate of drug-likeness (QED) is 0.654. The van der Waals surface area contributed by atoms with Crippen molar-refractivity contribution in [3.63, 3.8) is 0 Å². The zero-order chi connectivity index (χ0) is 20.9. The second-order valence-corrected chi connectivity index (χ2v) is 7.55. The highest BCUT2D eigenvalue weighted by Crippen LogP contribution is 2.20. The van der Waals surface area contributed by atoms with E-state index in [0.717, 1.165) is 41.5 Å². The van der Waals surface area contributed by atoms with E-state index in [2.05, 4.69) is 22.0 Å². The van der Waals surface area contributed by atoms with E-state index in [0.29, 0.717) is 13.1 Å². The second-order valence-electron chi connectivity index (χ2n) is 7.55. The molecule has 1 saturated heterocycles. The maximum absolute atomic E-state index is 12.5. The zero-order valence-corrected chi connectivity index (χ0v) is 17.4. The number of nitrogens with zero attached hydrogens (tertiary/aromatic N) is 4. The van der Waals surface area contributed by atoms with Gasteiger partial charge in [-0.25, -0.2) is 0 Å². The molecule has 154 valence electrons. The fourth-order valence-corrected chi connectivity index (χ4v) is 3.48. The Bertz CT molecular complexity index is 997. The third kappa shape index (κ3) is 4.59. The van der Waals surface area contributed by atoms with Crippen molar-refractivity contribution < 1.29 is 9.53 Å². The van der Waals surface area contributed by atoms with Crippen molar-refractivity contribution in [3.05, 3.63) is 71.8 Å². The van der Waals surface area contributed by atoms with Gasteiger partial charge in [-0.1, -0.05) is 36.4 Å². The molecule has 1 aliphatic heterocycles. The average molecular weight is 402 g/mol. The van der Waals surface area contributed by atoms with Crippen molar-refractivity contribution in [2.75, 3.05) is 37.7 Å². The lowest BCUT2D eigenvalue weighted by Gasteiger charge is -2.35. The lowest BCUT2D eigenvalue weighted by atomic mass is 10.1. The lowest BCUT2D eigenvalue weighted by molar-refractivity contribution is -0.133. The Kier molecular flexibility index (Phi) is 5.93. The second kappa shape index (κ2) is 8.95.